The molecule has 0 spiro atoms. The molecule has 20 heavy (non-hydrogen) atoms. The summed E-state index contributed by atoms with van der Waals surface area (Å²) in [5.41, 5.74) is -0.584. The molecule has 0 aromatic rings. The van der Waals surface area contributed by atoms with Crippen LogP contribution in [0.1, 0.15) is 33.6 Å². The molecule has 1 aliphatic rings. The minimum absolute atomic E-state index is 0.0636. The van der Waals surface area contributed by atoms with Crippen molar-refractivity contribution in [1.29, 1.82) is 0 Å². The van der Waals surface area contributed by atoms with E-state index in [2.05, 4.69) is 5.32 Å². The maximum atomic E-state index is 12.2. The van der Waals surface area contributed by atoms with Crippen LogP contribution in [-0.2, 0) is 9.59 Å². The number of aliphatic carboxylic acids is 1. The average Bonchev–Trinajstić information content (AvgIpc) is 2.29. The van der Waals surface area contributed by atoms with Crippen LogP contribution in [0.3, 0.4) is 0 Å². The molecular weight excluding hydrogens is 262 g/mol. The van der Waals surface area contributed by atoms with Crippen molar-refractivity contribution < 1.29 is 19.5 Å². The number of carboxylic acid groups (broad SMARTS) is 1. The molecule has 7 nitrogen and oxygen atoms in total. The van der Waals surface area contributed by atoms with Gasteiger partial charge >= 0.3 is 12.0 Å². The number of hydrogen-bond acceptors (Lipinski definition) is 3. The number of urea groups is 1. The highest BCUT2D eigenvalue weighted by Gasteiger charge is 2.31. The number of nitrogens with one attached hydrogen (secondary N) is 1. The summed E-state index contributed by atoms with van der Waals surface area (Å²) in [7, 11) is 1.69. The number of hydrogen-bond donors (Lipinski definition) is 2. The summed E-state index contributed by atoms with van der Waals surface area (Å²) < 4.78 is 0. The third kappa shape index (κ3) is 4.40. The minimum atomic E-state index is -1.05. The van der Waals surface area contributed by atoms with Crippen molar-refractivity contribution in [2.45, 2.75) is 45.2 Å². The van der Waals surface area contributed by atoms with Gasteiger partial charge in [-0.25, -0.2) is 4.79 Å². The van der Waals surface area contributed by atoms with Crippen molar-refractivity contribution in [1.82, 2.24) is 15.1 Å². The molecular formula is C13H23N3O4. The van der Waals surface area contributed by atoms with Crippen LogP contribution < -0.4 is 5.32 Å². The Kier molecular flexibility index (Phi) is 4.97. The van der Waals surface area contributed by atoms with E-state index in [1.54, 1.807) is 32.7 Å². The lowest BCUT2D eigenvalue weighted by Gasteiger charge is -2.37. The van der Waals surface area contributed by atoms with E-state index in [9.17, 15) is 14.4 Å². The Hall–Kier alpha value is -1.79. The van der Waals surface area contributed by atoms with Gasteiger partial charge < -0.3 is 20.2 Å². The van der Waals surface area contributed by atoms with Gasteiger partial charge in [0.15, 0.2) is 0 Å². The molecule has 0 aromatic carbocycles. The van der Waals surface area contributed by atoms with Crippen LogP contribution in [0, 0.1) is 0 Å². The Morgan fingerprint density at radius 3 is 2.50 bits per heavy atom. The van der Waals surface area contributed by atoms with E-state index in [4.69, 9.17) is 5.11 Å². The second-order valence-electron chi connectivity index (χ2n) is 6.11. The van der Waals surface area contributed by atoms with Gasteiger partial charge in [0.1, 0.15) is 6.54 Å². The van der Waals surface area contributed by atoms with Crippen molar-refractivity contribution in [3.8, 4) is 0 Å². The molecule has 0 saturated carbocycles. The highest BCUT2D eigenvalue weighted by molar-refractivity contribution is 5.81. The predicted octanol–water partition coefficient (Wildman–Crippen LogP) is 0.502. The highest BCUT2D eigenvalue weighted by atomic mass is 16.4. The third-order valence-corrected chi connectivity index (χ3v) is 3.30. The first kappa shape index (κ1) is 16.3. The zero-order valence-electron chi connectivity index (χ0n) is 12.5. The standard InChI is InChI=1S/C13H23N3O4/c1-13(2,3)16(8-11(18)19)12(20)14-9-5-6-10(17)15(4)7-9/h9H,5-8H2,1-4H3,(H,14,20)(H,18,19). The molecule has 1 rings (SSSR count). The maximum absolute atomic E-state index is 12.2. The fourth-order valence-electron chi connectivity index (χ4n) is 2.13. The fraction of sp³-hybridized carbons (Fsp3) is 0.769. The SMILES string of the molecule is CN1CC(NC(=O)N(CC(=O)O)C(C)(C)C)CCC1=O. The molecule has 1 unspecified atom stereocenters. The van der Waals surface area contributed by atoms with E-state index < -0.39 is 17.5 Å². The lowest BCUT2D eigenvalue weighted by molar-refractivity contribution is -0.138. The van der Waals surface area contributed by atoms with Crippen LogP contribution in [0.5, 0.6) is 0 Å². The van der Waals surface area contributed by atoms with Gasteiger partial charge in [-0.05, 0) is 27.2 Å². The molecule has 1 saturated heterocycles. The van der Waals surface area contributed by atoms with E-state index in [1.807, 2.05) is 0 Å². The molecule has 3 amide bonds. The highest BCUT2D eigenvalue weighted by Crippen LogP contribution is 2.15. The van der Waals surface area contributed by atoms with Gasteiger partial charge in [-0.15, -0.1) is 0 Å². The second-order valence-corrected chi connectivity index (χ2v) is 6.11. The van der Waals surface area contributed by atoms with E-state index in [-0.39, 0.29) is 18.5 Å². The molecule has 0 radical (unpaired) electrons. The Bertz CT molecular complexity index is 403. The van der Waals surface area contributed by atoms with Gasteiger partial charge in [-0.1, -0.05) is 0 Å². The van der Waals surface area contributed by atoms with E-state index in [0.29, 0.717) is 19.4 Å². The van der Waals surface area contributed by atoms with Crippen molar-refractivity contribution in [3.63, 3.8) is 0 Å². The quantitative estimate of drug-likeness (QED) is 0.790. The molecule has 0 aromatic heterocycles. The first-order valence-corrected chi connectivity index (χ1v) is 6.65. The van der Waals surface area contributed by atoms with Gasteiger partial charge in [0.05, 0.1) is 0 Å². The number of likely N-dealkylation sites (tertiary alicyclic amines) is 1. The first-order chi connectivity index (χ1) is 9.11. The van der Waals surface area contributed by atoms with Crippen LogP contribution in [0.15, 0.2) is 0 Å². The van der Waals surface area contributed by atoms with Crippen LogP contribution in [0.4, 0.5) is 4.79 Å². The molecule has 0 aliphatic carbocycles. The number of carboxylic acids is 1. The fourth-order valence-corrected chi connectivity index (χ4v) is 2.13. The first-order valence-electron chi connectivity index (χ1n) is 6.65. The normalized spacial score (nSPS) is 19.7. The molecule has 114 valence electrons. The molecule has 7 heteroatoms. The van der Waals surface area contributed by atoms with Crippen molar-refractivity contribution in [2.24, 2.45) is 0 Å². The predicted molar refractivity (Wildman–Crippen MR) is 73.3 cm³/mol. The van der Waals surface area contributed by atoms with E-state index >= 15 is 0 Å². The van der Waals surface area contributed by atoms with Crippen LogP contribution in [0.2, 0.25) is 0 Å². The molecule has 1 atom stereocenters. The van der Waals surface area contributed by atoms with Crippen LogP contribution in [-0.4, -0.2) is 64.5 Å². The number of carbonyl (C=O) groups excluding carboxylic acids is 2. The molecule has 1 fully saturated rings. The van der Waals surface area contributed by atoms with Gasteiger partial charge in [0, 0.05) is 31.6 Å². The Morgan fingerprint density at radius 2 is 2.05 bits per heavy atom. The summed E-state index contributed by atoms with van der Waals surface area (Å²) >= 11 is 0. The lowest BCUT2D eigenvalue weighted by atomic mass is 10.0. The maximum Gasteiger partial charge on any atom is 0.323 e. The Morgan fingerprint density at radius 1 is 1.45 bits per heavy atom. The Labute approximate surface area is 118 Å². The summed E-state index contributed by atoms with van der Waals surface area (Å²) in [5, 5.41) is 11.7. The molecule has 2 N–H and O–H groups in total. The average molecular weight is 285 g/mol. The molecule has 1 aliphatic heterocycles. The monoisotopic (exact) mass is 285 g/mol. The summed E-state index contributed by atoms with van der Waals surface area (Å²) in [6.07, 6.45) is 0.982. The number of likely N-dealkylation sites (N-methyl/N-ethyl adjacent to an activating group) is 1. The molecule has 0 bridgehead atoms. The smallest absolute Gasteiger partial charge is 0.323 e. The van der Waals surface area contributed by atoms with E-state index in [0.717, 1.165) is 0 Å². The van der Waals surface area contributed by atoms with Gasteiger partial charge in [-0.3, -0.25) is 9.59 Å². The largest absolute Gasteiger partial charge is 0.480 e. The number of nitrogens with zero attached hydrogens (tertiary/aromatic N) is 2. The van der Waals surface area contributed by atoms with Crippen LogP contribution in [0.25, 0.3) is 0 Å². The second kappa shape index (κ2) is 6.11. The van der Waals surface area contributed by atoms with Crippen LogP contribution >= 0.6 is 0 Å². The summed E-state index contributed by atoms with van der Waals surface area (Å²) in [6, 6.07) is -0.545. The van der Waals surface area contributed by atoms with Crippen molar-refractivity contribution in [2.75, 3.05) is 20.1 Å². The van der Waals surface area contributed by atoms with Crippen molar-refractivity contribution in [3.05, 3.63) is 0 Å². The summed E-state index contributed by atoms with van der Waals surface area (Å²) in [5.74, 6) is -0.986. The molecule has 1 heterocycles. The van der Waals surface area contributed by atoms with Gasteiger partial charge in [0.2, 0.25) is 5.91 Å². The Balaban J connectivity index is 2.67. The van der Waals surface area contributed by atoms with Gasteiger partial charge in [0.25, 0.3) is 0 Å². The zero-order chi connectivity index (χ0) is 15.5. The van der Waals surface area contributed by atoms with E-state index in [1.165, 1.54) is 4.90 Å². The zero-order valence-corrected chi connectivity index (χ0v) is 12.5. The minimum Gasteiger partial charge on any atom is -0.480 e. The lowest BCUT2D eigenvalue weighted by Crippen LogP contribution is -2.57. The number of carbonyl (C=O) groups is 3. The summed E-state index contributed by atoms with van der Waals surface area (Å²) in [4.78, 5) is 37.4. The number of piperidine rings is 1. The number of rotatable bonds is 3. The van der Waals surface area contributed by atoms with Gasteiger partial charge in [-0.2, -0.15) is 0 Å². The summed E-state index contributed by atoms with van der Waals surface area (Å²) in [6.45, 7) is 5.45. The topological polar surface area (TPSA) is 90.0 Å². The number of amides is 3. The van der Waals surface area contributed by atoms with Crippen molar-refractivity contribution >= 4 is 17.9 Å². The third-order valence-electron chi connectivity index (χ3n) is 3.30.